The predicted octanol–water partition coefficient (Wildman–Crippen LogP) is 6.33. The highest BCUT2D eigenvalue weighted by molar-refractivity contribution is 7.57. The molecule has 0 bridgehead atoms. The minimum Gasteiger partial charge on any atom is -0.351 e. The normalized spacial score (nSPS) is 13.6. The van der Waals surface area contributed by atoms with Gasteiger partial charge in [-0.1, -0.05) is 60.7 Å². The van der Waals surface area contributed by atoms with Gasteiger partial charge in [0.25, 0.3) is 0 Å². The van der Waals surface area contributed by atoms with Gasteiger partial charge in [0.05, 0.1) is 0 Å². The van der Waals surface area contributed by atoms with E-state index in [4.69, 9.17) is 0 Å². The highest BCUT2D eigenvalue weighted by Gasteiger charge is 2.15. The Morgan fingerprint density at radius 2 is 1.29 bits per heavy atom. The third-order valence-corrected chi connectivity index (χ3v) is 8.60. The van der Waals surface area contributed by atoms with E-state index in [0.29, 0.717) is 0 Å². The molecule has 0 radical (unpaired) electrons. The summed E-state index contributed by atoms with van der Waals surface area (Å²) in [5, 5.41) is 0. The Labute approximate surface area is 171 Å². The molecule has 0 atom stereocenters. The summed E-state index contributed by atoms with van der Waals surface area (Å²) in [6.07, 6.45) is 14.2. The number of rotatable bonds is 9. The lowest BCUT2D eigenvalue weighted by atomic mass is 9.98. The van der Waals surface area contributed by atoms with Gasteiger partial charge < -0.3 is 4.57 Å². The summed E-state index contributed by atoms with van der Waals surface area (Å²) in [7, 11) is 0.0531. The quantitative estimate of drug-likeness (QED) is 0.377. The van der Waals surface area contributed by atoms with Crippen LogP contribution in [0.5, 0.6) is 0 Å². The van der Waals surface area contributed by atoms with Crippen molar-refractivity contribution in [3.8, 4) is 0 Å². The second kappa shape index (κ2) is 10.1. The summed E-state index contributed by atoms with van der Waals surface area (Å²) >= 11 is 0. The van der Waals surface area contributed by atoms with Gasteiger partial charge >= 0.3 is 0 Å². The van der Waals surface area contributed by atoms with Crippen LogP contribution in [0.15, 0.2) is 72.9 Å². The standard InChI is InChI=1S/C26H32NP/c1-3-9-23(10-4-1)16-20-28(21-17-24-11-5-2-6-12-24)22-19-27-18-15-25-13-7-8-14-26(25)27/h1-6,9-12,15,18H,7-8,13-14,16-17,19-22H2. The fraction of sp³-hybridized carbons (Fsp3) is 0.385. The molecular weight excluding hydrogens is 357 g/mol. The number of aryl methyl sites for hydroxylation is 4. The first-order chi connectivity index (χ1) is 13.9. The molecule has 0 saturated heterocycles. The van der Waals surface area contributed by atoms with E-state index in [9.17, 15) is 0 Å². The molecule has 0 aliphatic heterocycles. The number of nitrogens with zero attached hydrogens (tertiary/aromatic N) is 1. The SMILES string of the molecule is c1ccc(CCP(CCc2ccccc2)CCn2ccc3c2CCCC3)cc1. The van der Waals surface area contributed by atoms with Gasteiger partial charge in [-0.15, -0.1) is 7.92 Å². The van der Waals surface area contributed by atoms with E-state index in [0.717, 1.165) is 0 Å². The lowest BCUT2D eigenvalue weighted by Crippen LogP contribution is -2.11. The molecule has 1 nitrogen and oxygen atoms in total. The second-order valence-corrected chi connectivity index (χ2v) is 10.7. The smallest absolute Gasteiger partial charge is 0.0261 e. The zero-order chi connectivity index (χ0) is 19.0. The van der Waals surface area contributed by atoms with Crippen LogP contribution in [-0.2, 0) is 32.2 Å². The highest BCUT2D eigenvalue weighted by atomic mass is 31.1. The molecular formula is C26H32NP. The van der Waals surface area contributed by atoms with E-state index in [1.54, 1.807) is 11.3 Å². The van der Waals surface area contributed by atoms with E-state index >= 15 is 0 Å². The average Bonchev–Trinajstić information content (AvgIpc) is 3.18. The molecule has 1 aromatic heterocycles. The zero-order valence-electron chi connectivity index (χ0n) is 16.9. The molecule has 0 spiro atoms. The van der Waals surface area contributed by atoms with Crippen molar-refractivity contribution in [2.75, 3.05) is 18.5 Å². The number of benzene rings is 2. The van der Waals surface area contributed by atoms with Gasteiger partial charge in [0.15, 0.2) is 0 Å². The third kappa shape index (κ3) is 5.36. The van der Waals surface area contributed by atoms with E-state index in [2.05, 4.69) is 77.5 Å². The Morgan fingerprint density at radius 3 is 1.93 bits per heavy atom. The van der Waals surface area contributed by atoms with Crippen LogP contribution in [0.4, 0.5) is 0 Å². The van der Waals surface area contributed by atoms with Crippen LogP contribution in [-0.4, -0.2) is 23.1 Å². The van der Waals surface area contributed by atoms with E-state index in [-0.39, 0.29) is 7.92 Å². The molecule has 2 aromatic carbocycles. The first-order valence-electron chi connectivity index (χ1n) is 10.9. The second-order valence-electron chi connectivity index (χ2n) is 8.00. The molecule has 146 valence electrons. The van der Waals surface area contributed by atoms with E-state index in [1.807, 2.05) is 0 Å². The van der Waals surface area contributed by atoms with Gasteiger partial charge in [0, 0.05) is 18.4 Å². The maximum absolute atomic E-state index is 2.58. The van der Waals surface area contributed by atoms with Gasteiger partial charge in [-0.05, 0) is 79.8 Å². The Bertz CT molecular complexity index is 794. The van der Waals surface area contributed by atoms with Gasteiger partial charge in [0.2, 0.25) is 0 Å². The monoisotopic (exact) mass is 389 g/mol. The molecule has 0 saturated carbocycles. The predicted molar refractivity (Wildman–Crippen MR) is 123 cm³/mol. The molecule has 0 unspecified atom stereocenters. The summed E-state index contributed by atoms with van der Waals surface area (Å²) in [6.45, 7) is 1.21. The van der Waals surface area contributed by atoms with Crippen molar-refractivity contribution in [2.24, 2.45) is 0 Å². The molecule has 0 fully saturated rings. The third-order valence-electron chi connectivity index (χ3n) is 6.06. The number of hydrogen-bond donors (Lipinski definition) is 0. The fourth-order valence-corrected chi connectivity index (χ4v) is 6.67. The van der Waals surface area contributed by atoms with Crippen molar-refractivity contribution >= 4 is 7.92 Å². The van der Waals surface area contributed by atoms with Crippen LogP contribution < -0.4 is 0 Å². The van der Waals surface area contributed by atoms with Crippen LogP contribution in [0.3, 0.4) is 0 Å². The summed E-state index contributed by atoms with van der Waals surface area (Å²) in [6, 6.07) is 24.5. The van der Waals surface area contributed by atoms with Gasteiger partial charge in [-0.25, -0.2) is 0 Å². The van der Waals surface area contributed by atoms with Crippen LogP contribution in [0, 0.1) is 0 Å². The maximum atomic E-state index is 2.58. The van der Waals surface area contributed by atoms with E-state index in [1.165, 1.54) is 74.7 Å². The number of fused-ring (bicyclic) bond motifs is 1. The molecule has 4 rings (SSSR count). The first kappa shape index (κ1) is 19.5. The molecule has 0 N–H and O–H groups in total. The summed E-state index contributed by atoms with van der Waals surface area (Å²) in [4.78, 5) is 0. The van der Waals surface area contributed by atoms with Crippen LogP contribution in [0.1, 0.15) is 35.2 Å². The molecule has 28 heavy (non-hydrogen) atoms. The van der Waals surface area contributed by atoms with Crippen LogP contribution in [0.25, 0.3) is 0 Å². The molecule has 3 aromatic rings. The topological polar surface area (TPSA) is 4.93 Å². The number of hydrogen-bond acceptors (Lipinski definition) is 0. The van der Waals surface area contributed by atoms with Gasteiger partial charge in [-0.3, -0.25) is 0 Å². The van der Waals surface area contributed by atoms with Crippen LogP contribution in [0.2, 0.25) is 0 Å². The van der Waals surface area contributed by atoms with Crippen molar-refractivity contribution < 1.29 is 0 Å². The van der Waals surface area contributed by atoms with Crippen molar-refractivity contribution in [1.29, 1.82) is 0 Å². The summed E-state index contributed by atoms with van der Waals surface area (Å²) in [5.41, 5.74) is 6.23. The van der Waals surface area contributed by atoms with E-state index < -0.39 is 0 Å². The van der Waals surface area contributed by atoms with Crippen LogP contribution >= 0.6 is 7.92 Å². The largest absolute Gasteiger partial charge is 0.351 e. The minimum atomic E-state index is 0.0531. The van der Waals surface area contributed by atoms with Gasteiger partial charge in [0.1, 0.15) is 0 Å². The summed E-state index contributed by atoms with van der Waals surface area (Å²) < 4.78 is 2.58. The first-order valence-corrected chi connectivity index (χ1v) is 12.8. The van der Waals surface area contributed by atoms with Gasteiger partial charge in [-0.2, -0.15) is 0 Å². The molecule has 2 heteroatoms. The fourth-order valence-electron chi connectivity index (χ4n) is 4.35. The Kier molecular flexibility index (Phi) is 7.01. The average molecular weight is 390 g/mol. The lowest BCUT2D eigenvalue weighted by molar-refractivity contribution is 0.623. The Balaban J connectivity index is 1.37. The maximum Gasteiger partial charge on any atom is 0.0261 e. The highest BCUT2D eigenvalue weighted by Crippen LogP contribution is 2.37. The lowest BCUT2D eigenvalue weighted by Gasteiger charge is -2.21. The van der Waals surface area contributed by atoms with Crippen molar-refractivity contribution in [1.82, 2.24) is 4.57 Å². The van der Waals surface area contributed by atoms with Crippen molar-refractivity contribution in [3.05, 3.63) is 95.3 Å². The molecule has 1 aliphatic carbocycles. The Hall–Kier alpha value is -1.85. The molecule has 0 amide bonds. The van der Waals surface area contributed by atoms with Crippen molar-refractivity contribution in [3.63, 3.8) is 0 Å². The molecule has 1 aliphatic rings. The Morgan fingerprint density at radius 1 is 0.679 bits per heavy atom. The molecule has 1 heterocycles. The minimum absolute atomic E-state index is 0.0531. The zero-order valence-corrected chi connectivity index (χ0v) is 17.8. The number of aromatic nitrogens is 1. The summed E-state index contributed by atoms with van der Waals surface area (Å²) in [5.74, 6) is 0. The van der Waals surface area contributed by atoms with Crippen molar-refractivity contribution in [2.45, 2.75) is 45.1 Å².